The predicted octanol–water partition coefficient (Wildman–Crippen LogP) is 2.00. The van der Waals surface area contributed by atoms with Crippen LogP contribution >= 0.6 is 11.6 Å². The molecule has 0 spiro atoms. The number of benzene rings is 2. The highest BCUT2D eigenvalue weighted by atomic mass is 35.5. The van der Waals surface area contributed by atoms with Crippen molar-refractivity contribution in [2.45, 2.75) is 13.1 Å². The van der Waals surface area contributed by atoms with E-state index in [-0.39, 0.29) is 19.0 Å². The summed E-state index contributed by atoms with van der Waals surface area (Å²) in [5.74, 6) is 0.423. The fourth-order valence-electron chi connectivity index (χ4n) is 4.30. The van der Waals surface area contributed by atoms with Crippen molar-refractivity contribution in [3.8, 4) is 0 Å². The van der Waals surface area contributed by atoms with Crippen LogP contribution in [0.15, 0.2) is 76.6 Å². The smallest absolute Gasteiger partial charge is 0.317 e. The van der Waals surface area contributed by atoms with Crippen molar-refractivity contribution in [3.05, 3.63) is 98.3 Å². The first-order valence-electron chi connectivity index (χ1n) is 11.3. The Morgan fingerprint density at radius 3 is 2.06 bits per heavy atom. The number of hydrogen-bond acceptors (Lipinski definition) is 6. The van der Waals surface area contributed by atoms with Crippen molar-refractivity contribution >= 4 is 34.5 Å². The van der Waals surface area contributed by atoms with Crippen LogP contribution in [0.4, 0.5) is 5.95 Å². The molecule has 0 bridgehead atoms. The maximum atomic E-state index is 13.1. The summed E-state index contributed by atoms with van der Waals surface area (Å²) in [7, 11) is 0. The zero-order valence-corrected chi connectivity index (χ0v) is 19.6. The van der Waals surface area contributed by atoms with Crippen LogP contribution in [0.1, 0.15) is 5.56 Å². The minimum Gasteiger partial charge on any atom is -0.338 e. The van der Waals surface area contributed by atoms with Gasteiger partial charge in [0, 0.05) is 43.6 Å². The van der Waals surface area contributed by atoms with Crippen molar-refractivity contribution in [2.24, 2.45) is 0 Å². The highest BCUT2D eigenvalue weighted by molar-refractivity contribution is 6.30. The topological polar surface area (TPSA) is 93.3 Å². The van der Waals surface area contributed by atoms with Crippen molar-refractivity contribution < 1.29 is 4.79 Å². The van der Waals surface area contributed by atoms with Gasteiger partial charge in [-0.25, -0.2) is 9.97 Å². The molecule has 0 saturated carbocycles. The lowest BCUT2D eigenvalue weighted by Crippen LogP contribution is -2.51. The maximum absolute atomic E-state index is 13.1. The van der Waals surface area contributed by atoms with Crippen LogP contribution in [-0.2, 0) is 17.9 Å². The van der Waals surface area contributed by atoms with E-state index in [0.29, 0.717) is 48.2 Å². The van der Waals surface area contributed by atoms with Gasteiger partial charge in [-0.1, -0.05) is 35.9 Å². The van der Waals surface area contributed by atoms with Crippen LogP contribution in [0.2, 0.25) is 5.02 Å². The number of nitrogens with zero attached hydrogens (tertiary/aromatic N) is 6. The average molecular weight is 491 g/mol. The molecule has 3 heterocycles. The van der Waals surface area contributed by atoms with Gasteiger partial charge in [-0.05, 0) is 35.9 Å². The van der Waals surface area contributed by atoms with Gasteiger partial charge in [-0.2, -0.15) is 0 Å². The van der Waals surface area contributed by atoms with E-state index in [1.165, 1.54) is 9.13 Å². The SMILES string of the molecule is O=C(Cn1c(=O)c(=O)n(Cc2ccc(Cl)cc2)c2ccccc21)N1CCN(c2ncccn2)CC1. The molecule has 2 aromatic carbocycles. The van der Waals surface area contributed by atoms with Crippen molar-refractivity contribution in [1.29, 1.82) is 0 Å². The highest BCUT2D eigenvalue weighted by Crippen LogP contribution is 2.15. The molecule has 178 valence electrons. The first-order chi connectivity index (χ1) is 17.0. The van der Waals surface area contributed by atoms with E-state index >= 15 is 0 Å². The summed E-state index contributed by atoms with van der Waals surface area (Å²) in [6.45, 7) is 2.18. The van der Waals surface area contributed by atoms with Crippen LogP contribution in [0.3, 0.4) is 0 Å². The molecule has 1 amide bonds. The lowest BCUT2D eigenvalue weighted by Gasteiger charge is -2.34. The normalized spacial score (nSPS) is 13.9. The molecule has 10 heteroatoms. The van der Waals surface area contributed by atoms with Gasteiger partial charge in [0.25, 0.3) is 0 Å². The zero-order chi connectivity index (χ0) is 24.4. The second-order valence-corrected chi connectivity index (χ2v) is 8.75. The van der Waals surface area contributed by atoms with Crippen LogP contribution in [0, 0.1) is 0 Å². The van der Waals surface area contributed by atoms with Crippen molar-refractivity contribution in [3.63, 3.8) is 0 Å². The molecule has 9 nitrogen and oxygen atoms in total. The highest BCUT2D eigenvalue weighted by Gasteiger charge is 2.24. The number of para-hydroxylation sites is 2. The summed E-state index contributed by atoms with van der Waals surface area (Å²) < 4.78 is 2.73. The average Bonchev–Trinajstić information content (AvgIpc) is 2.90. The number of carbonyl (C=O) groups is 1. The molecule has 5 rings (SSSR count). The Kier molecular flexibility index (Phi) is 6.33. The summed E-state index contributed by atoms with van der Waals surface area (Å²) in [5.41, 5.74) is 0.580. The zero-order valence-electron chi connectivity index (χ0n) is 18.9. The summed E-state index contributed by atoms with van der Waals surface area (Å²) in [6.07, 6.45) is 3.37. The number of rotatable bonds is 5. The lowest BCUT2D eigenvalue weighted by molar-refractivity contribution is -0.132. The molecule has 1 saturated heterocycles. The van der Waals surface area contributed by atoms with Gasteiger partial charge in [0.05, 0.1) is 17.6 Å². The van der Waals surface area contributed by atoms with Gasteiger partial charge < -0.3 is 9.80 Å². The summed E-state index contributed by atoms with van der Waals surface area (Å²) in [5, 5.41) is 0.594. The van der Waals surface area contributed by atoms with Gasteiger partial charge in [0.15, 0.2) is 0 Å². The Labute approximate surface area is 205 Å². The van der Waals surface area contributed by atoms with Crippen molar-refractivity contribution in [2.75, 3.05) is 31.1 Å². The van der Waals surface area contributed by atoms with E-state index in [1.54, 1.807) is 53.7 Å². The molecule has 4 aromatic rings. The van der Waals surface area contributed by atoms with Gasteiger partial charge in [0.1, 0.15) is 6.54 Å². The summed E-state index contributed by atoms with van der Waals surface area (Å²) in [4.78, 5) is 51.6. The molecule has 35 heavy (non-hydrogen) atoms. The van der Waals surface area contributed by atoms with E-state index in [0.717, 1.165) is 5.56 Å². The molecule has 0 unspecified atom stereocenters. The van der Waals surface area contributed by atoms with Gasteiger partial charge in [-0.15, -0.1) is 0 Å². The van der Waals surface area contributed by atoms with Gasteiger partial charge in [0.2, 0.25) is 11.9 Å². The van der Waals surface area contributed by atoms with E-state index < -0.39 is 11.1 Å². The Morgan fingerprint density at radius 2 is 1.40 bits per heavy atom. The van der Waals surface area contributed by atoms with E-state index in [9.17, 15) is 14.4 Å². The predicted molar refractivity (Wildman–Crippen MR) is 134 cm³/mol. The molecular formula is C25H23ClN6O3. The van der Waals surface area contributed by atoms with Crippen LogP contribution in [-0.4, -0.2) is 56.1 Å². The first kappa shape index (κ1) is 22.8. The molecule has 0 N–H and O–H groups in total. The fourth-order valence-corrected chi connectivity index (χ4v) is 4.43. The molecule has 0 aliphatic carbocycles. The van der Waals surface area contributed by atoms with Crippen molar-refractivity contribution in [1.82, 2.24) is 24.0 Å². The van der Waals surface area contributed by atoms with Gasteiger partial charge >= 0.3 is 11.1 Å². The van der Waals surface area contributed by atoms with Gasteiger partial charge in [-0.3, -0.25) is 23.5 Å². The maximum Gasteiger partial charge on any atom is 0.317 e. The van der Waals surface area contributed by atoms with E-state index in [1.807, 2.05) is 23.1 Å². The Balaban J connectivity index is 1.40. The van der Waals surface area contributed by atoms with Crippen LogP contribution in [0.25, 0.3) is 11.0 Å². The molecule has 1 aliphatic heterocycles. The number of aromatic nitrogens is 4. The minimum atomic E-state index is -0.720. The Morgan fingerprint density at radius 1 is 0.800 bits per heavy atom. The second kappa shape index (κ2) is 9.71. The molecule has 1 aliphatic rings. The third-order valence-corrected chi connectivity index (χ3v) is 6.40. The fraction of sp³-hybridized carbons (Fsp3) is 0.240. The van der Waals surface area contributed by atoms with Crippen LogP contribution in [0.5, 0.6) is 0 Å². The molecule has 2 aromatic heterocycles. The summed E-state index contributed by atoms with van der Waals surface area (Å²) >= 11 is 5.97. The van der Waals surface area contributed by atoms with Crippen LogP contribution < -0.4 is 16.0 Å². The molecule has 0 radical (unpaired) electrons. The second-order valence-electron chi connectivity index (χ2n) is 8.31. The van der Waals surface area contributed by atoms with E-state index in [2.05, 4.69) is 9.97 Å². The standard InChI is InChI=1S/C25H23ClN6O3/c26-19-8-6-18(7-9-19)16-31-20-4-1-2-5-21(20)32(24(35)23(31)34)17-22(33)29-12-14-30(15-13-29)25-27-10-3-11-28-25/h1-11H,12-17H2. The minimum absolute atomic E-state index is 0.196. The monoisotopic (exact) mass is 490 g/mol. The number of anilines is 1. The lowest BCUT2D eigenvalue weighted by atomic mass is 10.2. The Bertz CT molecular complexity index is 1480. The largest absolute Gasteiger partial charge is 0.338 e. The number of piperazine rings is 1. The summed E-state index contributed by atoms with van der Waals surface area (Å²) in [6, 6.07) is 16.0. The number of hydrogen-bond donors (Lipinski definition) is 0. The number of fused-ring (bicyclic) bond motifs is 1. The molecule has 0 atom stereocenters. The molecular weight excluding hydrogens is 468 g/mol. The first-order valence-corrected chi connectivity index (χ1v) is 11.7. The number of carbonyl (C=O) groups excluding carboxylic acids is 1. The third kappa shape index (κ3) is 4.67. The number of amides is 1. The van der Waals surface area contributed by atoms with E-state index in [4.69, 9.17) is 11.6 Å². The Hall–Kier alpha value is -3.98. The molecule has 1 fully saturated rings. The number of halogens is 1. The third-order valence-electron chi connectivity index (χ3n) is 6.15. The quantitative estimate of drug-likeness (QED) is 0.397.